The Bertz CT molecular complexity index is 784. The van der Waals surface area contributed by atoms with Crippen LogP contribution >= 0.6 is 0 Å². The van der Waals surface area contributed by atoms with Gasteiger partial charge in [0.2, 0.25) is 0 Å². The fourth-order valence-corrected chi connectivity index (χ4v) is 3.77. The number of carbonyl (C=O) groups is 1. The first kappa shape index (κ1) is 20.3. The first-order chi connectivity index (χ1) is 13.7. The minimum Gasteiger partial charge on any atom is -0.464 e. The fraction of sp³-hybridized carbons (Fsp3) is 0.500. The second-order valence-corrected chi connectivity index (χ2v) is 7.21. The Hall–Kier alpha value is -2.47. The van der Waals surface area contributed by atoms with Crippen LogP contribution in [0, 0.1) is 10.8 Å². The SMILES string of the molecule is CCN(CCOC(=O)C(Cc1cccc2ccccc12)CC1CCCO1)N=O. The van der Waals surface area contributed by atoms with E-state index < -0.39 is 0 Å². The summed E-state index contributed by atoms with van der Waals surface area (Å²) in [6, 6.07) is 14.4. The predicted molar refractivity (Wildman–Crippen MR) is 109 cm³/mol. The number of carbonyl (C=O) groups excluding carboxylic acids is 1. The number of rotatable bonds is 10. The predicted octanol–water partition coefficient (Wildman–Crippen LogP) is 4.11. The Morgan fingerprint density at radius 2 is 2.11 bits per heavy atom. The zero-order valence-corrected chi connectivity index (χ0v) is 16.4. The van der Waals surface area contributed by atoms with Gasteiger partial charge in [-0.1, -0.05) is 42.5 Å². The van der Waals surface area contributed by atoms with E-state index in [0.29, 0.717) is 25.9 Å². The molecule has 3 rings (SSSR count). The molecule has 0 saturated carbocycles. The first-order valence-electron chi connectivity index (χ1n) is 10.0. The molecule has 2 unspecified atom stereocenters. The Morgan fingerprint density at radius 1 is 1.29 bits per heavy atom. The molecule has 150 valence electrons. The number of hydrogen-bond donors (Lipinski definition) is 0. The smallest absolute Gasteiger partial charge is 0.309 e. The van der Waals surface area contributed by atoms with Gasteiger partial charge in [-0.05, 0) is 48.9 Å². The van der Waals surface area contributed by atoms with Crippen LogP contribution in [0.4, 0.5) is 0 Å². The molecule has 0 bridgehead atoms. The van der Waals surface area contributed by atoms with Gasteiger partial charge in [-0.15, -0.1) is 4.91 Å². The number of ether oxygens (including phenoxy) is 2. The van der Waals surface area contributed by atoms with Crippen molar-refractivity contribution in [2.45, 2.75) is 38.7 Å². The molecule has 0 aromatic heterocycles. The third kappa shape index (κ3) is 5.29. The Kier molecular flexibility index (Phi) is 7.37. The number of likely N-dealkylation sites (N-methyl/N-ethyl adjacent to an activating group) is 1. The summed E-state index contributed by atoms with van der Waals surface area (Å²) in [5.74, 6) is -0.501. The van der Waals surface area contributed by atoms with E-state index in [1.54, 1.807) is 0 Å². The summed E-state index contributed by atoms with van der Waals surface area (Å²) in [6.45, 7) is 3.57. The molecular formula is C22H28N2O4. The fourth-order valence-electron chi connectivity index (χ4n) is 3.77. The third-order valence-electron chi connectivity index (χ3n) is 5.33. The zero-order valence-electron chi connectivity index (χ0n) is 16.4. The molecule has 1 saturated heterocycles. The number of esters is 1. The summed E-state index contributed by atoms with van der Waals surface area (Å²) < 4.78 is 11.3. The van der Waals surface area contributed by atoms with Gasteiger partial charge >= 0.3 is 5.97 Å². The Balaban J connectivity index is 1.70. The monoisotopic (exact) mass is 384 g/mol. The van der Waals surface area contributed by atoms with Crippen molar-refractivity contribution >= 4 is 16.7 Å². The number of nitrogens with zero attached hydrogens (tertiary/aromatic N) is 2. The minimum absolute atomic E-state index is 0.108. The van der Waals surface area contributed by atoms with Gasteiger partial charge < -0.3 is 9.47 Å². The highest BCUT2D eigenvalue weighted by atomic mass is 16.5. The lowest BCUT2D eigenvalue weighted by atomic mass is 9.90. The average Bonchev–Trinajstić information content (AvgIpc) is 3.24. The van der Waals surface area contributed by atoms with Crippen LogP contribution in [0.2, 0.25) is 0 Å². The van der Waals surface area contributed by atoms with Crippen molar-refractivity contribution in [1.29, 1.82) is 0 Å². The van der Waals surface area contributed by atoms with Crippen molar-refractivity contribution in [1.82, 2.24) is 5.01 Å². The van der Waals surface area contributed by atoms with Crippen molar-refractivity contribution in [2.24, 2.45) is 11.2 Å². The first-order valence-corrected chi connectivity index (χ1v) is 10.0. The molecule has 0 spiro atoms. The number of benzene rings is 2. The second kappa shape index (κ2) is 10.2. The zero-order chi connectivity index (χ0) is 19.8. The van der Waals surface area contributed by atoms with Crippen molar-refractivity contribution in [2.75, 3.05) is 26.3 Å². The van der Waals surface area contributed by atoms with E-state index in [9.17, 15) is 9.70 Å². The molecule has 2 atom stereocenters. The quantitative estimate of drug-likeness (QED) is 0.350. The van der Waals surface area contributed by atoms with E-state index in [2.05, 4.69) is 29.6 Å². The maximum atomic E-state index is 12.8. The van der Waals surface area contributed by atoms with Crippen LogP contribution in [-0.4, -0.2) is 43.4 Å². The highest BCUT2D eigenvalue weighted by molar-refractivity contribution is 5.86. The average molecular weight is 384 g/mol. The molecule has 0 N–H and O–H groups in total. The molecule has 6 heteroatoms. The summed E-state index contributed by atoms with van der Waals surface area (Å²) in [5, 5.41) is 6.58. The molecule has 1 aliphatic rings. The normalized spacial score (nSPS) is 17.4. The lowest BCUT2D eigenvalue weighted by Crippen LogP contribution is -2.28. The molecule has 1 aliphatic heterocycles. The largest absolute Gasteiger partial charge is 0.464 e. The van der Waals surface area contributed by atoms with Gasteiger partial charge in [-0.2, -0.15) is 0 Å². The topological polar surface area (TPSA) is 68.2 Å². The van der Waals surface area contributed by atoms with Crippen LogP contribution in [0.15, 0.2) is 47.8 Å². The molecule has 2 aromatic rings. The van der Waals surface area contributed by atoms with E-state index in [4.69, 9.17) is 9.47 Å². The highest BCUT2D eigenvalue weighted by Gasteiger charge is 2.27. The number of fused-ring (bicyclic) bond motifs is 1. The van der Waals surface area contributed by atoms with Crippen LogP contribution in [0.25, 0.3) is 10.8 Å². The molecule has 1 fully saturated rings. The second-order valence-electron chi connectivity index (χ2n) is 7.21. The maximum absolute atomic E-state index is 12.8. The van der Waals surface area contributed by atoms with Gasteiger partial charge in [0.05, 0.1) is 23.9 Å². The molecule has 6 nitrogen and oxygen atoms in total. The van der Waals surface area contributed by atoms with E-state index >= 15 is 0 Å². The van der Waals surface area contributed by atoms with Crippen molar-refractivity contribution < 1.29 is 14.3 Å². The summed E-state index contributed by atoms with van der Waals surface area (Å²) in [5.41, 5.74) is 1.14. The Labute approximate surface area is 165 Å². The van der Waals surface area contributed by atoms with Crippen LogP contribution in [0.1, 0.15) is 31.7 Å². The van der Waals surface area contributed by atoms with Crippen molar-refractivity contribution in [3.05, 3.63) is 52.9 Å². The van der Waals surface area contributed by atoms with E-state index in [1.165, 1.54) is 10.4 Å². The van der Waals surface area contributed by atoms with Crippen molar-refractivity contribution in [3.63, 3.8) is 0 Å². The third-order valence-corrected chi connectivity index (χ3v) is 5.33. The van der Waals surface area contributed by atoms with Gasteiger partial charge in [0.25, 0.3) is 0 Å². The van der Waals surface area contributed by atoms with Crippen LogP contribution in [0.3, 0.4) is 0 Å². The lowest BCUT2D eigenvalue weighted by molar-refractivity contribution is -0.150. The van der Waals surface area contributed by atoms with Crippen LogP contribution < -0.4 is 0 Å². The summed E-state index contributed by atoms with van der Waals surface area (Å²) >= 11 is 0. The molecular weight excluding hydrogens is 356 g/mol. The van der Waals surface area contributed by atoms with E-state index in [-0.39, 0.29) is 24.6 Å². The summed E-state index contributed by atoms with van der Waals surface area (Å²) in [7, 11) is 0. The van der Waals surface area contributed by atoms with Gasteiger partial charge in [0.1, 0.15) is 6.61 Å². The van der Waals surface area contributed by atoms with Gasteiger partial charge in [0.15, 0.2) is 0 Å². The molecule has 2 aromatic carbocycles. The van der Waals surface area contributed by atoms with Crippen molar-refractivity contribution in [3.8, 4) is 0 Å². The molecule has 1 heterocycles. The summed E-state index contributed by atoms with van der Waals surface area (Å²) in [6.07, 6.45) is 3.40. The summed E-state index contributed by atoms with van der Waals surface area (Å²) in [4.78, 5) is 23.5. The van der Waals surface area contributed by atoms with Gasteiger partial charge in [0, 0.05) is 13.2 Å². The van der Waals surface area contributed by atoms with Gasteiger partial charge in [-0.3, -0.25) is 9.80 Å². The molecule has 0 amide bonds. The standard InChI is InChI=1S/C22H28N2O4/c1-2-24(23-26)12-14-28-22(25)19(16-20-10-6-13-27-20)15-18-9-5-8-17-7-3-4-11-21(17)18/h3-5,7-9,11,19-20H,2,6,10,12-16H2,1H3. The molecule has 0 radical (unpaired) electrons. The highest BCUT2D eigenvalue weighted by Crippen LogP contribution is 2.27. The van der Waals surface area contributed by atoms with Gasteiger partial charge in [-0.25, -0.2) is 0 Å². The lowest BCUT2D eigenvalue weighted by Gasteiger charge is -2.21. The Morgan fingerprint density at radius 3 is 2.86 bits per heavy atom. The number of hydrogen-bond acceptors (Lipinski definition) is 5. The number of nitroso groups, excluding NO2 is 1. The minimum atomic E-state index is -0.270. The molecule has 28 heavy (non-hydrogen) atoms. The van der Waals surface area contributed by atoms with Crippen LogP contribution in [0.5, 0.6) is 0 Å². The van der Waals surface area contributed by atoms with E-state index in [0.717, 1.165) is 30.4 Å². The van der Waals surface area contributed by atoms with E-state index in [1.807, 2.05) is 25.1 Å². The molecule has 0 aliphatic carbocycles. The van der Waals surface area contributed by atoms with Crippen LogP contribution in [-0.2, 0) is 20.7 Å². The maximum Gasteiger partial charge on any atom is 0.309 e.